The molecule has 5 rings (SSSR count). The Morgan fingerprint density at radius 1 is 0.879 bits per heavy atom. The van der Waals surface area contributed by atoms with Crippen LogP contribution in [0.25, 0.3) is 16.6 Å². The van der Waals surface area contributed by atoms with Crippen LogP contribution in [0.1, 0.15) is 17.3 Å². The fourth-order valence-electron chi connectivity index (χ4n) is 4.62. The normalized spacial score (nSPS) is 14.4. The van der Waals surface area contributed by atoms with E-state index in [1.807, 2.05) is 34.9 Å². The topological polar surface area (TPSA) is 88.7 Å². The van der Waals surface area contributed by atoms with Crippen molar-refractivity contribution in [1.29, 1.82) is 0 Å². The van der Waals surface area contributed by atoms with Crippen LogP contribution in [0, 0.1) is 0 Å². The van der Waals surface area contributed by atoms with Crippen molar-refractivity contribution < 1.29 is 14.2 Å². The molecule has 4 aromatic rings. The highest BCUT2D eigenvalue weighted by Gasteiger charge is 2.33. The van der Waals surface area contributed by atoms with Gasteiger partial charge in [-0.1, -0.05) is 12.1 Å². The Hall–Kier alpha value is -4.14. The summed E-state index contributed by atoms with van der Waals surface area (Å²) in [6.07, 6.45) is 1.80. The van der Waals surface area contributed by atoms with Gasteiger partial charge in [0.05, 0.1) is 55.3 Å². The van der Waals surface area contributed by atoms with E-state index in [9.17, 15) is 9.59 Å². The number of fused-ring (bicyclic) bond motifs is 5. The van der Waals surface area contributed by atoms with E-state index in [1.54, 1.807) is 40.6 Å². The van der Waals surface area contributed by atoms with Crippen molar-refractivity contribution in [2.45, 2.75) is 6.04 Å². The number of hydrogen-bond acceptors (Lipinski definition) is 6. The van der Waals surface area contributed by atoms with Crippen LogP contribution in [-0.2, 0) is 14.1 Å². The van der Waals surface area contributed by atoms with Crippen molar-refractivity contribution in [1.82, 2.24) is 13.7 Å². The van der Waals surface area contributed by atoms with E-state index >= 15 is 0 Å². The molecule has 9 heteroatoms. The third-order valence-corrected chi connectivity index (χ3v) is 6.24. The second kappa shape index (κ2) is 7.47. The average molecular weight is 448 g/mol. The van der Waals surface area contributed by atoms with Gasteiger partial charge in [0.2, 0.25) is 0 Å². The number of rotatable bonds is 4. The van der Waals surface area contributed by atoms with Crippen LogP contribution in [0.5, 0.6) is 17.2 Å². The molecule has 0 radical (unpaired) electrons. The van der Waals surface area contributed by atoms with Crippen LogP contribution in [0.4, 0.5) is 5.69 Å². The van der Waals surface area contributed by atoms with Gasteiger partial charge < -0.3 is 24.1 Å². The molecule has 0 amide bonds. The summed E-state index contributed by atoms with van der Waals surface area (Å²) in [5.41, 5.74) is 3.13. The summed E-state index contributed by atoms with van der Waals surface area (Å²) in [4.78, 5) is 25.9. The molecule has 9 nitrogen and oxygen atoms in total. The molecule has 0 fully saturated rings. The van der Waals surface area contributed by atoms with Crippen molar-refractivity contribution in [3.05, 3.63) is 74.7 Å². The minimum absolute atomic E-state index is 0.342. The summed E-state index contributed by atoms with van der Waals surface area (Å²) in [6.45, 7) is 0. The molecule has 1 unspecified atom stereocenters. The number of nitrogens with one attached hydrogen (secondary N) is 1. The molecule has 1 aliphatic heterocycles. The molecule has 1 aliphatic rings. The van der Waals surface area contributed by atoms with E-state index in [0.717, 1.165) is 27.2 Å². The number of para-hydroxylation sites is 2. The zero-order valence-electron chi connectivity index (χ0n) is 19.0. The minimum Gasteiger partial charge on any atom is -0.496 e. The predicted molar refractivity (Wildman–Crippen MR) is 125 cm³/mol. The van der Waals surface area contributed by atoms with Crippen LogP contribution < -0.4 is 30.8 Å². The van der Waals surface area contributed by atoms with Crippen molar-refractivity contribution in [2.75, 3.05) is 26.6 Å². The largest absolute Gasteiger partial charge is 0.496 e. The van der Waals surface area contributed by atoms with Gasteiger partial charge in [0.25, 0.3) is 5.56 Å². The highest BCUT2D eigenvalue weighted by atomic mass is 16.5. The minimum atomic E-state index is -0.440. The molecule has 0 saturated carbocycles. The maximum atomic E-state index is 13.0. The smallest absolute Gasteiger partial charge is 0.331 e. The number of benzene rings is 2. The lowest BCUT2D eigenvalue weighted by Gasteiger charge is -2.31. The highest BCUT2D eigenvalue weighted by molar-refractivity contribution is 5.86. The molecule has 170 valence electrons. The van der Waals surface area contributed by atoms with Crippen LogP contribution in [0.3, 0.4) is 0 Å². The predicted octanol–water partition coefficient (Wildman–Crippen LogP) is 2.57. The van der Waals surface area contributed by atoms with Crippen LogP contribution in [0.2, 0.25) is 0 Å². The van der Waals surface area contributed by atoms with Gasteiger partial charge in [0.15, 0.2) is 11.5 Å². The fourth-order valence-corrected chi connectivity index (χ4v) is 4.62. The first-order valence-corrected chi connectivity index (χ1v) is 10.4. The zero-order chi connectivity index (χ0) is 23.4. The monoisotopic (exact) mass is 448 g/mol. The van der Waals surface area contributed by atoms with Gasteiger partial charge in [-0.2, -0.15) is 0 Å². The second-order valence-corrected chi connectivity index (χ2v) is 7.90. The highest BCUT2D eigenvalue weighted by Crippen LogP contribution is 2.45. The molecule has 0 saturated heterocycles. The van der Waals surface area contributed by atoms with Gasteiger partial charge >= 0.3 is 5.69 Å². The fraction of sp³-hybridized carbons (Fsp3) is 0.250. The first kappa shape index (κ1) is 20.7. The summed E-state index contributed by atoms with van der Waals surface area (Å²) >= 11 is 0. The Kier molecular flexibility index (Phi) is 4.70. The number of nitrogens with zero attached hydrogens (tertiary/aromatic N) is 3. The Morgan fingerprint density at radius 2 is 1.55 bits per heavy atom. The third-order valence-electron chi connectivity index (χ3n) is 6.24. The maximum Gasteiger partial charge on any atom is 0.331 e. The molecule has 2 aromatic carbocycles. The summed E-state index contributed by atoms with van der Waals surface area (Å²) in [5, 5.41) is 4.03. The van der Waals surface area contributed by atoms with Gasteiger partial charge in [-0.25, -0.2) is 4.79 Å². The second-order valence-electron chi connectivity index (χ2n) is 7.90. The first-order valence-electron chi connectivity index (χ1n) is 10.4. The molecule has 3 heterocycles. The van der Waals surface area contributed by atoms with E-state index in [1.165, 1.54) is 11.6 Å². The summed E-state index contributed by atoms with van der Waals surface area (Å²) in [6, 6.07) is 11.0. The van der Waals surface area contributed by atoms with E-state index < -0.39 is 11.7 Å². The number of methoxy groups -OCH3 is 3. The Bertz CT molecular complexity index is 1530. The first-order chi connectivity index (χ1) is 15.9. The quantitative estimate of drug-likeness (QED) is 0.516. The van der Waals surface area contributed by atoms with Gasteiger partial charge in [-0.3, -0.25) is 13.9 Å². The molecular weight excluding hydrogens is 424 g/mol. The van der Waals surface area contributed by atoms with Gasteiger partial charge in [-0.15, -0.1) is 0 Å². The van der Waals surface area contributed by atoms with Gasteiger partial charge in [0.1, 0.15) is 5.75 Å². The lowest BCUT2D eigenvalue weighted by Crippen LogP contribution is -2.37. The van der Waals surface area contributed by atoms with Crippen molar-refractivity contribution in [2.24, 2.45) is 14.1 Å². The van der Waals surface area contributed by atoms with Gasteiger partial charge in [-0.05, 0) is 18.2 Å². The third kappa shape index (κ3) is 2.85. The Balaban J connectivity index is 1.91. The number of anilines is 1. The van der Waals surface area contributed by atoms with E-state index in [4.69, 9.17) is 14.2 Å². The SMILES string of the molecule is COc1cc(OC)c(C2Nc3ccccc3-n3cc4c(=O)n(C)c(=O)n(C)c4c32)cc1OC. The number of ether oxygens (including phenoxy) is 3. The molecule has 33 heavy (non-hydrogen) atoms. The molecule has 1 atom stereocenters. The van der Waals surface area contributed by atoms with Crippen LogP contribution in [0.15, 0.2) is 52.2 Å². The standard InChI is InChI=1S/C24H24N4O5/c1-26-21-14(23(29)27(2)24(26)30)12-28-16-9-7-6-8-15(16)25-20(22(21)28)13-10-18(32-4)19(33-5)11-17(13)31-3/h6-12,20,25H,1-5H3. The Morgan fingerprint density at radius 3 is 2.24 bits per heavy atom. The van der Waals surface area contributed by atoms with Crippen molar-refractivity contribution >= 4 is 16.6 Å². The molecule has 0 spiro atoms. The van der Waals surface area contributed by atoms with Crippen molar-refractivity contribution in [3.8, 4) is 22.9 Å². The number of aromatic nitrogens is 3. The van der Waals surface area contributed by atoms with E-state index in [0.29, 0.717) is 28.2 Å². The lowest BCUT2D eigenvalue weighted by atomic mass is 9.98. The summed E-state index contributed by atoms with van der Waals surface area (Å²) in [5.74, 6) is 1.66. The van der Waals surface area contributed by atoms with Crippen LogP contribution in [-0.4, -0.2) is 35.0 Å². The molecule has 0 bridgehead atoms. The maximum absolute atomic E-state index is 13.0. The molecule has 1 N–H and O–H groups in total. The number of aryl methyl sites for hydroxylation is 1. The van der Waals surface area contributed by atoms with Gasteiger partial charge in [0, 0.05) is 31.9 Å². The summed E-state index contributed by atoms with van der Waals surface area (Å²) < 4.78 is 21.3. The molecule has 2 aromatic heterocycles. The summed E-state index contributed by atoms with van der Waals surface area (Å²) in [7, 11) is 7.89. The molecular formula is C24H24N4O5. The lowest BCUT2D eigenvalue weighted by molar-refractivity contribution is 0.347. The zero-order valence-corrected chi connectivity index (χ0v) is 19.0. The Labute approximate surface area is 189 Å². The van der Waals surface area contributed by atoms with Crippen LogP contribution >= 0.6 is 0 Å². The number of hydrogen-bond donors (Lipinski definition) is 1. The van der Waals surface area contributed by atoms with E-state index in [-0.39, 0.29) is 5.56 Å². The average Bonchev–Trinajstić information content (AvgIpc) is 3.26. The van der Waals surface area contributed by atoms with E-state index in [2.05, 4.69) is 5.32 Å². The van der Waals surface area contributed by atoms with Crippen molar-refractivity contribution in [3.63, 3.8) is 0 Å². The molecule has 0 aliphatic carbocycles.